The van der Waals surface area contributed by atoms with Crippen molar-refractivity contribution < 1.29 is 23.7 Å². The maximum Gasteiger partial charge on any atom is 0.271 e. The molecule has 0 aromatic heterocycles. The van der Waals surface area contributed by atoms with Gasteiger partial charge in [0.1, 0.15) is 6.61 Å². The van der Waals surface area contributed by atoms with E-state index in [9.17, 15) is 4.79 Å². The molecule has 3 aromatic carbocycles. The van der Waals surface area contributed by atoms with E-state index in [4.69, 9.17) is 18.9 Å². The summed E-state index contributed by atoms with van der Waals surface area (Å²) in [4.78, 5) is 12.4. The van der Waals surface area contributed by atoms with E-state index in [-0.39, 0.29) is 5.91 Å². The normalized spacial score (nSPS) is 10.7. The molecule has 3 aromatic rings. The first-order chi connectivity index (χ1) is 16.0. The number of nitrogens with zero attached hydrogens (tertiary/aromatic N) is 1. The van der Waals surface area contributed by atoms with Gasteiger partial charge in [-0.1, -0.05) is 29.8 Å². The Hall–Kier alpha value is -4.00. The van der Waals surface area contributed by atoms with Gasteiger partial charge in [-0.2, -0.15) is 5.10 Å². The quantitative estimate of drug-likeness (QED) is 0.358. The highest BCUT2D eigenvalue weighted by atomic mass is 16.5. The summed E-state index contributed by atoms with van der Waals surface area (Å²) in [6.07, 6.45) is 1.54. The molecule has 0 unspecified atom stereocenters. The Morgan fingerprint density at radius 2 is 1.55 bits per heavy atom. The first-order valence-electron chi connectivity index (χ1n) is 10.5. The molecular formula is C26H28N2O5. The minimum atomic E-state index is -0.363. The summed E-state index contributed by atoms with van der Waals surface area (Å²) < 4.78 is 22.1. The molecule has 172 valence electrons. The van der Waals surface area contributed by atoms with Crippen LogP contribution in [0, 0.1) is 6.92 Å². The Kier molecular flexibility index (Phi) is 8.30. The summed E-state index contributed by atoms with van der Waals surface area (Å²) in [5.74, 6) is 1.91. The van der Waals surface area contributed by atoms with Crippen LogP contribution in [0.1, 0.15) is 34.0 Å². The van der Waals surface area contributed by atoms with Gasteiger partial charge in [0, 0.05) is 5.56 Å². The third-order valence-corrected chi connectivity index (χ3v) is 4.81. The highest BCUT2D eigenvalue weighted by Gasteiger charge is 2.11. The second-order valence-corrected chi connectivity index (χ2v) is 7.18. The van der Waals surface area contributed by atoms with Crippen LogP contribution in [0.15, 0.2) is 65.8 Å². The molecule has 0 spiro atoms. The van der Waals surface area contributed by atoms with Crippen LogP contribution < -0.4 is 24.4 Å². The van der Waals surface area contributed by atoms with Crippen molar-refractivity contribution >= 4 is 12.1 Å². The van der Waals surface area contributed by atoms with E-state index < -0.39 is 0 Å². The number of benzene rings is 3. The van der Waals surface area contributed by atoms with Gasteiger partial charge in [0.25, 0.3) is 5.91 Å². The van der Waals surface area contributed by atoms with Crippen LogP contribution in [0.2, 0.25) is 0 Å². The van der Waals surface area contributed by atoms with E-state index in [1.165, 1.54) is 18.9 Å². The van der Waals surface area contributed by atoms with Gasteiger partial charge in [-0.15, -0.1) is 0 Å². The monoisotopic (exact) mass is 448 g/mol. The lowest BCUT2D eigenvalue weighted by atomic mass is 10.2. The van der Waals surface area contributed by atoms with Crippen LogP contribution in [-0.4, -0.2) is 32.9 Å². The van der Waals surface area contributed by atoms with Crippen molar-refractivity contribution in [2.45, 2.75) is 20.5 Å². The van der Waals surface area contributed by atoms with Crippen molar-refractivity contribution in [1.82, 2.24) is 5.43 Å². The maximum absolute atomic E-state index is 12.4. The molecule has 0 heterocycles. The summed E-state index contributed by atoms with van der Waals surface area (Å²) in [6, 6.07) is 18.6. The Morgan fingerprint density at radius 3 is 2.24 bits per heavy atom. The molecule has 7 nitrogen and oxygen atoms in total. The molecule has 7 heteroatoms. The standard InChI is InChI=1S/C26H28N2O5/c1-5-32-22-13-11-21(15-25(22)31-4)26(29)28-27-16-20-10-12-23(24(14-20)30-3)33-17-19-8-6-18(2)7-9-19/h6-16H,5,17H2,1-4H3,(H,28,29)/b27-16+. The number of hydrazone groups is 1. The smallest absolute Gasteiger partial charge is 0.271 e. The van der Waals surface area contributed by atoms with Crippen LogP contribution in [0.4, 0.5) is 0 Å². The number of hydrogen-bond acceptors (Lipinski definition) is 6. The van der Waals surface area contributed by atoms with E-state index in [0.717, 1.165) is 11.1 Å². The van der Waals surface area contributed by atoms with E-state index in [2.05, 4.69) is 10.5 Å². The van der Waals surface area contributed by atoms with E-state index in [0.29, 0.717) is 41.8 Å². The first-order valence-corrected chi connectivity index (χ1v) is 10.5. The van der Waals surface area contributed by atoms with Crippen molar-refractivity contribution in [3.05, 3.63) is 82.9 Å². The number of hydrogen-bond donors (Lipinski definition) is 1. The van der Waals surface area contributed by atoms with Crippen LogP contribution in [0.5, 0.6) is 23.0 Å². The van der Waals surface area contributed by atoms with Gasteiger partial charge in [-0.05, 0) is 61.4 Å². The molecular weight excluding hydrogens is 420 g/mol. The van der Waals surface area contributed by atoms with Crippen LogP contribution in [-0.2, 0) is 6.61 Å². The Labute approximate surface area is 193 Å². The second-order valence-electron chi connectivity index (χ2n) is 7.18. The highest BCUT2D eigenvalue weighted by molar-refractivity contribution is 5.95. The summed E-state index contributed by atoms with van der Waals surface area (Å²) in [5.41, 5.74) is 5.95. The predicted molar refractivity (Wildman–Crippen MR) is 128 cm³/mol. The van der Waals surface area contributed by atoms with Gasteiger partial charge >= 0.3 is 0 Å². The van der Waals surface area contributed by atoms with Gasteiger partial charge in [-0.3, -0.25) is 4.79 Å². The fraction of sp³-hybridized carbons (Fsp3) is 0.231. The molecule has 33 heavy (non-hydrogen) atoms. The topological polar surface area (TPSA) is 78.4 Å². The molecule has 0 atom stereocenters. The zero-order valence-corrected chi connectivity index (χ0v) is 19.3. The number of nitrogens with one attached hydrogen (secondary N) is 1. The van der Waals surface area contributed by atoms with Gasteiger partial charge in [-0.25, -0.2) is 5.43 Å². The Bertz CT molecular complexity index is 1110. The lowest BCUT2D eigenvalue weighted by molar-refractivity contribution is 0.0954. The zero-order valence-electron chi connectivity index (χ0n) is 19.3. The maximum atomic E-state index is 12.4. The number of ether oxygens (including phenoxy) is 4. The van der Waals surface area contributed by atoms with Crippen molar-refractivity contribution in [1.29, 1.82) is 0 Å². The van der Waals surface area contributed by atoms with Gasteiger partial charge < -0.3 is 18.9 Å². The highest BCUT2D eigenvalue weighted by Crippen LogP contribution is 2.29. The average molecular weight is 449 g/mol. The molecule has 0 aliphatic carbocycles. The summed E-state index contributed by atoms with van der Waals surface area (Å²) in [6.45, 7) is 4.87. The SMILES string of the molecule is CCOc1ccc(C(=O)N/N=C/c2ccc(OCc3ccc(C)cc3)c(OC)c2)cc1OC. The van der Waals surface area contributed by atoms with Crippen molar-refractivity contribution in [2.75, 3.05) is 20.8 Å². The van der Waals surface area contributed by atoms with Crippen LogP contribution in [0.3, 0.4) is 0 Å². The molecule has 1 N–H and O–H groups in total. The molecule has 1 amide bonds. The molecule has 0 saturated carbocycles. The number of aryl methyl sites for hydroxylation is 1. The lowest BCUT2D eigenvalue weighted by Gasteiger charge is -2.11. The molecule has 0 aliphatic rings. The Morgan fingerprint density at radius 1 is 0.879 bits per heavy atom. The second kappa shape index (κ2) is 11.6. The van der Waals surface area contributed by atoms with E-state index in [1.54, 1.807) is 31.4 Å². The molecule has 0 bridgehead atoms. The average Bonchev–Trinajstić information content (AvgIpc) is 2.84. The van der Waals surface area contributed by atoms with Crippen molar-refractivity contribution in [3.8, 4) is 23.0 Å². The van der Waals surface area contributed by atoms with Crippen LogP contribution in [0.25, 0.3) is 0 Å². The third-order valence-electron chi connectivity index (χ3n) is 4.81. The van der Waals surface area contributed by atoms with E-state index >= 15 is 0 Å². The summed E-state index contributed by atoms with van der Waals surface area (Å²) >= 11 is 0. The zero-order chi connectivity index (χ0) is 23.6. The first kappa shape index (κ1) is 23.7. The fourth-order valence-corrected chi connectivity index (χ4v) is 3.04. The number of rotatable bonds is 10. The molecule has 0 saturated heterocycles. The predicted octanol–water partition coefficient (Wildman–Crippen LogP) is 4.75. The number of amides is 1. The molecule has 0 aliphatic heterocycles. The van der Waals surface area contributed by atoms with Crippen LogP contribution >= 0.6 is 0 Å². The largest absolute Gasteiger partial charge is 0.493 e. The van der Waals surface area contributed by atoms with Gasteiger partial charge in [0.05, 0.1) is 27.0 Å². The lowest BCUT2D eigenvalue weighted by Crippen LogP contribution is -2.17. The van der Waals surface area contributed by atoms with Crippen molar-refractivity contribution in [2.24, 2.45) is 5.10 Å². The summed E-state index contributed by atoms with van der Waals surface area (Å²) in [5, 5.41) is 4.05. The minimum Gasteiger partial charge on any atom is -0.493 e. The number of carbonyl (C=O) groups excluding carboxylic acids is 1. The molecule has 3 rings (SSSR count). The number of carbonyl (C=O) groups is 1. The van der Waals surface area contributed by atoms with E-state index in [1.807, 2.05) is 50.2 Å². The Balaban J connectivity index is 1.62. The third kappa shape index (κ3) is 6.49. The molecule has 0 fully saturated rings. The van der Waals surface area contributed by atoms with Gasteiger partial charge in [0.15, 0.2) is 23.0 Å². The molecule has 0 radical (unpaired) electrons. The minimum absolute atomic E-state index is 0.363. The fourth-order valence-electron chi connectivity index (χ4n) is 3.04. The number of methoxy groups -OCH3 is 2. The van der Waals surface area contributed by atoms with Gasteiger partial charge in [0.2, 0.25) is 0 Å². The van der Waals surface area contributed by atoms with Crippen molar-refractivity contribution in [3.63, 3.8) is 0 Å². The summed E-state index contributed by atoms with van der Waals surface area (Å²) in [7, 11) is 3.11.